The van der Waals surface area contributed by atoms with E-state index in [1.807, 2.05) is 24.5 Å². The van der Waals surface area contributed by atoms with E-state index in [0.29, 0.717) is 5.56 Å². The van der Waals surface area contributed by atoms with E-state index in [0.717, 1.165) is 24.1 Å². The summed E-state index contributed by atoms with van der Waals surface area (Å²) < 4.78 is 1.85. The van der Waals surface area contributed by atoms with Gasteiger partial charge in [0.1, 0.15) is 0 Å². The zero-order chi connectivity index (χ0) is 13.3. The van der Waals surface area contributed by atoms with Crippen LogP contribution < -0.4 is 5.56 Å². The highest BCUT2D eigenvalue weighted by Gasteiger charge is 2.21. The monoisotopic (exact) mass is 247 g/mol. The van der Waals surface area contributed by atoms with Crippen LogP contribution in [0.4, 0.5) is 0 Å². The van der Waals surface area contributed by atoms with E-state index in [1.54, 1.807) is 0 Å². The van der Waals surface area contributed by atoms with Crippen molar-refractivity contribution in [2.75, 3.05) is 0 Å². The lowest BCUT2D eigenvalue weighted by molar-refractivity contribution is 0.101. The van der Waals surface area contributed by atoms with Crippen molar-refractivity contribution in [1.82, 2.24) is 4.57 Å². The molecule has 1 aromatic heterocycles. The van der Waals surface area contributed by atoms with Crippen LogP contribution in [0.3, 0.4) is 0 Å². The van der Waals surface area contributed by atoms with E-state index in [1.165, 1.54) is 26.2 Å². The Morgan fingerprint density at radius 2 is 1.83 bits per heavy atom. The van der Waals surface area contributed by atoms with E-state index in [-0.39, 0.29) is 17.4 Å². The molecule has 0 aromatic carbocycles. The first-order valence-electron chi connectivity index (χ1n) is 6.76. The molecule has 0 radical (unpaired) electrons. The average Bonchev–Trinajstić information content (AvgIpc) is 2.28. The van der Waals surface area contributed by atoms with Gasteiger partial charge in [0.2, 0.25) is 0 Å². The van der Waals surface area contributed by atoms with E-state index in [9.17, 15) is 9.59 Å². The molecule has 1 heterocycles. The Kier molecular flexibility index (Phi) is 3.69. The molecule has 1 aromatic rings. The molecule has 0 bridgehead atoms. The molecular formula is C15H21NO2. The number of aromatic nitrogens is 1. The molecule has 0 spiro atoms. The molecule has 1 aliphatic carbocycles. The Morgan fingerprint density at radius 3 is 2.39 bits per heavy atom. The van der Waals surface area contributed by atoms with Crippen LogP contribution in [0.15, 0.2) is 10.9 Å². The first-order valence-corrected chi connectivity index (χ1v) is 6.76. The minimum Gasteiger partial charge on any atom is -0.309 e. The van der Waals surface area contributed by atoms with Crippen LogP contribution in [0.5, 0.6) is 0 Å². The highest BCUT2D eigenvalue weighted by atomic mass is 16.1. The second kappa shape index (κ2) is 5.09. The van der Waals surface area contributed by atoms with Crippen LogP contribution >= 0.6 is 0 Å². The molecule has 0 amide bonds. The number of carbonyl (C=O) groups excluding carboxylic acids is 1. The van der Waals surface area contributed by atoms with Crippen molar-refractivity contribution < 1.29 is 4.79 Å². The number of pyridine rings is 1. The molecule has 18 heavy (non-hydrogen) atoms. The predicted octanol–water partition coefficient (Wildman–Crippen LogP) is 3.17. The van der Waals surface area contributed by atoms with Crippen LogP contribution in [0.1, 0.15) is 66.7 Å². The summed E-state index contributed by atoms with van der Waals surface area (Å²) in [5.74, 6) is -0.123. The van der Waals surface area contributed by atoms with Gasteiger partial charge in [-0.3, -0.25) is 9.59 Å². The number of carbonyl (C=O) groups is 1. The van der Waals surface area contributed by atoms with Crippen molar-refractivity contribution in [1.29, 1.82) is 0 Å². The number of rotatable bonds is 2. The van der Waals surface area contributed by atoms with E-state index >= 15 is 0 Å². The lowest BCUT2D eigenvalue weighted by Gasteiger charge is -2.26. The Morgan fingerprint density at radius 1 is 1.22 bits per heavy atom. The van der Waals surface area contributed by atoms with Gasteiger partial charge in [0.15, 0.2) is 5.78 Å². The summed E-state index contributed by atoms with van der Waals surface area (Å²) in [7, 11) is 0. The molecule has 1 aliphatic rings. The highest BCUT2D eigenvalue weighted by molar-refractivity contribution is 5.95. The molecule has 0 aliphatic heterocycles. The predicted molar refractivity (Wildman–Crippen MR) is 72.3 cm³/mol. The molecule has 3 heteroatoms. The minimum absolute atomic E-state index is 0.0908. The molecular weight excluding hydrogens is 226 g/mol. The first-order chi connectivity index (χ1) is 8.52. The summed E-state index contributed by atoms with van der Waals surface area (Å²) in [4.78, 5) is 24.1. The third-order valence-electron chi connectivity index (χ3n) is 3.92. The number of aryl methyl sites for hydroxylation is 2. The quantitative estimate of drug-likeness (QED) is 0.753. The van der Waals surface area contributed by atoms with Gasteiger partial charge in [-0.15, -0.1) is 0 Å². The number of hydrogen-bond acceptors (Lipinski definition) is 2. The second-order valence-electron chi connectivity index (χ2n) is 5.37. The van der Waals surface area contributed by atoms with Crippen molar-refractivity contribution in [3.63, 3.8) is 0 Å². The zero-order valence-corrected chi connectivity index (χ0v) is 11.5. The summed E-state index contributed by atoms with van der Waals surface area (Å²) >= 11 is 0. The molecule has 0 saturated heterocycles. The fourth-order valence-electron chi connectivity index (χ4n) is 3.13. The average molecular weight is 247 g/mol. The maximum Gasteiger partial charge on any atom is 0.262 e. The van der Waals surface area contributed by atoms with E-state index in [4.69, 9.17) is 0 Å². The Bertz CT molecular complexity index is 522. The van der Waals surface area contributed by atoms with Gasteiger partial charge in [-0.25, -0.2) is 0 Å². The minimum atomic E-state index is -0.123. The van der Waals surface area contributed by atoms with Crippen molar-refractivity contribution >= 4 is 5.78 Å². The third-order valence-corrected chi connectivity index (χ3v) is 3.92. The van der Waals surface area contributed by atoms with Gasteiger partial charge in [-0.2, -0.15) is 0 Å². The van der Waals surface area contributed by atoms with Crippen LogP contribution in [0.2, 0.25) is 0 Å². The SMILES string of the molecule is CC(=O)c1c(C)cc(C)n(C2CCCCC2)c1=O. The Hall–Kier alpha value is -1.38. The zero-order valence-electron chi connectivity index (χ0n) is 11.5. The van der Waals surface area contributed by atoms with Crippen LogP contribution in [0, 0.1) is 13.8 Å². The lowest BCUT2D eigenvalue weighted by atomic mass is 9.94. The summed E-state index contributed by atoms with van der Waals surface area (Å²) in [5.41, 5.74) is 2.06. The standard InChI is InChI=1S/C15H21NO2/c1-10-9-11(2)16(13-7-5-4-6-8-13)15(18)14(10)12(3)17/h9,13H,4-8H2,1-3H3. The van der Waals surface area contributed by atoms with Gasteiger partial charge in [-0.05, 0) is 45.2 Å². The summed E-state index contributed by atoms with van der Waals surface area (Å²) in [6.07, 6.45) is 5.73. The van der Waals surface area contributed by atoms with Gasteiger partial charge >= 0.3 is 0 Å². The van der Waals surface area contributed by atoms with Gasteiger partial charge in [-0.1, -0.05) is 19.3 Å². The second-order valence-corrected chi connectivity index (χ2v) is 5.37. The first kappa shape index (κ1) is 13.1. The Balaban J connectivity index is 2.56. The van der Waals surface area contributed by atoms with Crippen molar-refractivity contribution in [2.45, 2.75) is 58.9 Å². The Labute approximate surface area is 108 Å². The largest absolute Gasteiger partial charge is 0.309 e. The fraction of sp³-hybridized carbons (Fsp3) is 0.600. The molecule has 0 atom stereocenters. The molecule has 1 fully saturated rings. The normalized spacial score (nSPS) is 16.8. The van der Waals surface area contributed by atoms with Gasteiger partial charge < -0.3 is 4.57 Å². The summed E-state index contributed by atoms with van der Waals surface area (Å²) in [6, 6.07) is 2.25. The fourth-order valence-corrected chi connectivity index (χ4v) is 3.13. The van der Waals surface area contributed by atoms with Crippen LogP contribution in [-0.4, -0.2) is 10.4 Å². The molecule has 98 valence electrons. The number of hydrogen-bond donors (Lipinski definition) is 0. The van der Waals surface area contributed by atoms with Crippen LogP contribution in [0.25, 0.3) is 0 Å². The smallest absolute Gasteiger partial charge is 0.262 e. The number of nitrogens with zero attached hydrogens (tertiary/aromatic N) is 1. The van der Waals surface area contributed by atoms with Gasteiger partial charge in [0.05, 0.1) is 5.56 Å². The lowest BCUT2D eigenvalue weighted by Crippen LogP contribution is -2.32. The van der Waals surface area contributed by atoms with Gasteiger partial charge in [0, 0.05) is 11.7 Å². The summed E-state index contributed by atoms with van der Waals surface area (Å²) in [5, 5.41) is 0. The maximum absolute atomic E-state index is 12.5. The van der Waals surface area contributed by atoms with Crippen LogP contribution in [-0.2, 0) is 0 Å². The van der Waals surface area contributed by atoms with Crippen molar-refractivity contribution in [3.8, 4) is 0 Å². The maximum atomic E-state index is 12.5. The topological polar surface area (TPSA) is 39.1 Å². The van der Waals surface area contributed by atoms with Crippen molar-refractivity contribution in [2.24, 2.45) is 0 Å². The number of ketones is 1. The van der Waals surface area contributed by atoms with Crippen molar-refractivity contribution in [3.05, 3.63) is 33.2 Å². The molecule has 0 unspecified atom stereocenters. The molecule has 3 nitrogen and oxygen atoms in total. The van der Waals surface area contributed by atoms with E-state index < -0.39 is 0 Å². The van der Waals surface area contributed by atoms with Gasteiger partial charge in [0.25, 0.3) is 5.56 Å². The highest BCUT2D eigenvalue weighted by Crippen LogP contribution is 2.28. The molecule has 2 rings (SSSR count). The molecule has 1 saturated carbocycles. The number of Topliss-reactive ketones (excluding diaryl/α,β-unsaturated/α-hetero) is 1. The summed E-state index contributed by atoms with van der Waals surface area (Å²) in [6.45, 7) is 5.29. The van der Waals surface area contributed by atoms with E-state index in [2.05, 4.69) is 0 Å². The third kappa shape index (κ3) is 2.26. The molecule has 0 N–H and O–H groups in total.